The molecule has 1 aromatic rings. The maximum absolute atomic E-state index is 11.7. The Kier molecular flexibility index (Phi) is 4.63. The fourth-order valence-corrected chi connectivity index (χ4v) is 5.08. The SMILES string of the molecule is Cc1ccc([C@]2(O)C[C@@]3(CO)C=C[C@@](CO)(C2)O3)cc1C1=CCC(C)(C)CC1. The molecule has 3 N–H and O–H groups in total. The van der Waals surface area contributed by atoms with E-state index in [1.807, 2.05) is 18.2 Å². The number of fused-ring (bicyclic) bond motifs is 2. The number of hydrogen-bond acceptors (Lipinski definition) is 4. The van der Waals surface area contributed by atoms with E-state index in [1.165, 1.54) is 16.7 Å². The largest absolute Gasteiger partial charge is 0.393 e. The van der Waals surface area contributed by atoms with Crippen LogP contribution in [0, 0.1) is 12.3 Å². The Labute approximate surface area is 167 Å². The van der Waals surface area contributed by atoms with Crippen molar-refractivity contribution < 1.29 is 20.1 Å². The molecule has 0 radical (unpaired) electrons. The molecule has 2 heterocycles. The molecule has 0 aromatic heterocycles. The quantitative estimate of drug-likeness (QED) is 0.694. The van der Waals surface area contributed by atoms with Gasteiger partial charge >= 0.3 is 0 Å². The number of benzene rings is 1. The highest BCUT2D eigenvalue weighted by molar-refractivity contribution is 5.70. The normalized spacial score (nSPS) is 36.4. The van der Waals surface area contributed by atoms with Crippen molar-refractivity contribution in [3.8, 4) is 0 Å². The van der Waals surface area contributed by atoms with Gasteiger partial charge in [-0.1, -0.05) is 44.2 Å². The van der Waals surface area contributed by atoms with Crippen LogP contribution < -0.4 is 0 Å². The van der Waals surface area contributed by atoms with Gasteiger partial charge in [-0.05, 0) is 59.9 Å². The Hall–Kier alpha value is -1.46. The highest BCUT2D eigenvalue weighted by Gasteiger charge is 2.57. The van der Waals surface area contributed by atoms with Gasteiger partial charge in [0.1, 0.15) is 11.2 Å². The summed E-state index contributed by atoms with van der Waals surface area (Å²) < 4.78 is 6.00. The minimum absolute atomic E-state index is 0.216. The number of ether oxygens (including phenoxy) is 1. The highest BCUT2D eigenvalue weighted by atomic mass is 16.6. The lowest BCUT2D eigenvalue weighted by Gasteiger charge is -2.47. The van der Waals surface area contributed by atoms with Gasteiger partial charge in [0.05, 0.1) is 18.8 Å². The smallest absolute Gasteiger partial charge is 0.114 e. The van der Waals surface area contributed by atoms with E-state index >= 15 is 0 Å². The summed E-state index contributed by atoms with van der Waals surface area (Å²) in [6.07, 6.45) is 9.79. The molecular weight excluding hydrogens is 352 g/mol. The summed E-state index contributed by atoms with van der Waals surface area (Å²) in [6, 6.07) is 6.17. The first kappa shape index (κ1) is 19.8. The van der Waals surface area contributed by atoms with E-state index in [2.05, 4.69) is 39.0 Å². The van der Waals surface area contributed by atoms with E-state index in [0.29, 0.717) is 5.41 Å². The molecule has 152 valence electrons. The fraction of sp³-hybridized carbons (Fsp3) is 0.583. The molecule has 0 saturated carbocycles. The molecule has 3 aliphatic rings. The average molecular weight is 385 g/mol. The Morgan fingerprint density at radius 3 is 2.21 bits per heavy atom. The second-order valence-corrected chi connectivity index (χ2v) is 9.89. The van der Waals surface area contributed by atoms with Gasteiger partial charge < -0.3 is 20.1 Å². The van der Waals surface area contributed by atoms with Crippen molar-refractivity contribution in [3.05, 3.63) is 53.1 Å². The number of aryl methyl sites for hydroxylation is 1. The predicted octanol–water partition coefficient (Wildman–Crippen LogP) is 3.62. The van der Waals surface area contributed by atoms with Crippen LogP contribution >= 0.6 is 0 Å². The van der Waals surface area contributed by atoms with Crippen molar-refractivity contribution >= 4 is 5.57 Å². The second-order valence-electron chi connectivity index (χ2n) is 9.89. The van der Waals surface area contributed by atoms with E-state index < -0.39 is 16.8 Å². The van der Waals surface area contributed by atoms with Crippen molar-refractivity contribution in [1.29, 1.82) is 0 Å². The van der Waals surface area contributed by atoms with Crippen molar-refractivity contribution in [2.24, 2.45) is 5.41 Å². The minimum atomic E-state index is -1.16. The standard InChI is InChI=1S/C24H32O4/c1-17-4-5-19(12-20(17)18-6-8-21(2,3)9-7-18)24(27)13-22(15-25)10-11-23(14-24,16-26)28-22/h4-6,10-12,25-27H,7-9,13-16H2,1-3H3/t22-,23+,24+. The first-order valence-electron chi connectivity index (χ1n) is 10.3. The zero-order valence-corrected chi connectivity index (χ0v) is 17.2. The third kappa shape index (κ3) is 3.26. The van der Waals surface area contributed by atoms with Gasteiger partial charge in [-0.15, -0.1) is 0 Å². The van der Waals surface area contributed by atoms with Crippen LogP contribution in [0.4, 0.5) is 0 Å². The number of aliphatic hydroxyl groups excluding tert-OH is 2. The summed E-state index contributed by atoms with van der Waals surface area (Å²) >= 11 is 0. The summed E-state index contributed by atoms with van der Waals surface area (Å²) in [4.78, 5) is 0. The number of allylic oxidation sites excluding steroid dienone is 2. The Balaban J connectivity index is 1.71. The van der Waals surface area contributed by atoms with E-state index in [1.54, 1.807) is 0 Å². The molecule has 4 rings (SSSR count). The predicted molar refractivity (Wildman–Crippen MR) is 110 cm³/mol. The van der Waals surface area contributed by atoms with E-state index in [9.17, 15) is 15.3 Å². The van der Waals surface area contributed by atoms with Gasteiger partial charge in [-0.3, -0.25) is 0 Å². The minimum Gasteiger partial charge on any atom is -0.393 e. The molecule has 1 saturated heterocycles. The summed E-state index contributed by atoms with van der Waals surface area (Å²) in [5.41, 5.74) is 1.91. The monoisotopic (exact) mass is 384 g/mol. The Bertz CT molecular complexity index is 815. The van der Waals surface area contributed by atoms with Gasteiger partial charge in [0.2, 0.25) is 0 Å². The molecular formula is C24H32O4. The lowest BCUT2D eigenvalue weighted by Crippen LogP contribution is -2.55. The molecule has 3 atom stereocenters. The van der Waals surface area contributed by atoms with Crippen LogP contribution in [0.25, 0.3) is 5.57 Å². The molecule has 0 unspecified atom stereocenters. The molecule has 1 fully saturated rings. The van der Waals surface area contributed by atoms with Crippen molar-refractivity contribution in [2.45, 2.75) is 69.7 Å². The van der Waals surface area contributed by atoms with Crippen LogP contribution in [0.2, 0.25) is 0 Å². The van der Waals surface area contributed by atoms with E-state index in [0.717, 1.165) is 24.8 Å². The van der Waals surface area contributed by atoms with Crippen LogP contribution in [0.3, 0.4) is 0 Å². The molecule has 0 spiro atoms. The maximum Gasteiger partial charge on any atom is 0.114 e. The van der Waals surface area contributed by atoms with Crippen molar-refractivity contribution in [3.63, 3.8) is 0 Å². The summed E-state index contributed by atoms with van der Waals surface area (Å²) in [6.45, 7) is 6.29. The Morgan fingerprint density at radius 1 is 1.04 bits per heavy atom. The fourth-order valence-electron chi connectivity index (χ4n) is 5.08. The van der Waals surface area contributed by atoms with Crippen LogP contribution in [0.5, 0.6) is 0 Å². The van der Waals surface area contributed by atoms with Gasteiger partial charge in [0.25, 0.3) is 0 Å². The molecule has 4 nitrogen and oxygen atoms in total. The summed E-state index contributed by atoms with van der Waals surface area (Å²) in [7, 11) is 0. The average Bonchev–Trinajstić information content (AvgIpc) is 2.95. The number of rotatable bonds is 4. The molecule has 2 aliphatic heterocycles. The van der Waals surface area contributed by atoms with Crippen LogP contribution in [0.15, 0.2) is 36.4 Å². The first-order chi connectivity index (χ1) is 13.1. The van der Waals surface area contributed by atoms with Crippen molar-refractivity contribution in [2.75, 3.05) is 13.2 Å². The molecule has 0 amide bonds. The Morgan fingerprint density at radius 2 is 1.68 bits per heavy atom. The van der Waals surface area contributed by atoms with Gasteiger partial charge in [-0.2, -0.15) is 0 Å². The third-order valence-electron chi connectivity index (χ3n) is 6.91. The zero-order valence-electron chi connectivity index (χ0n) is 17.2. The van der Waals surface area contributed by atoms with Gasteiger partial charge in [0.15, 0.2) is 0 Å². The lowest BCUT2D eigenvalue weighted by atomic mass is 9.73. The molecule has 4 heteroatoms. The molecule has 28 heavy (non-hydrogen) atoms. The lowest BCUT2D eigenvalue weighted by molar-refractivity contribution is -0.220. The zero-order chi connectivity index (χ0) is 20.2. The number of aliphatic hydroxyl groups is 3. The topological polar surface area (TPSA) is 69.9 Å². The molecule has 1 aromatic carbocycles. The van der Waals surface area contributed by atoms with Crippen LogP contribution in [0.1, 0.15) is 62.6 Å². The third-order valence-corrected chi connectivity index (χ3v) is 6.91. The molecule has 2 bridgehead atoms. The van der Waals surface area contributed by atoms with Crippen LogP contribution in [-0.2, 0) is 10.3 Å². The van der Waals surface area contributed by atoms with Crippen LogP contribution in [-0.4, -0.2) is 39.7 Å². The van der Waals surface area contributed by atoms with Crippen molar-refractivity contribution in [1.82, 2.24) is 0 Å². The summed E-state index contributed by atoms with van der Waals surface area (Å²) in [5.74, 6) is 0. The molecule has 1 aliphatic carbocycles. The van der Waals surface area contributed by atoms with Gasteiger partial charge in [0, 0.05) is 12.8 Å². The highest BCUT2D eigenvalue weighted by Crippen LogP contribution is 2.52. The van der Waals surface area contributed by atoms with Gasteiger partial charge in [-0.25, -0.2) is 0 Å². The maximum atomic E-state index is 11.7. The number of hydrogen-bond donors (Lipinski definition) is 3. The summed E-state index contributed by atoms with van der Waals surface area (Å²) in [5, 5.41) is 31.5. The van der Waals surface area contributed by atoms with E-state index in [4.69, 9.17) is 4.74 Å². The van der Waals surface area contributed by atoms with E-state index in [-0.39, 0.29) is 26.1 Å². The first-order valence-corrected chi connectivity index (χ1v) is 10.3. The second kappa shape index (κ2) is 6.53.